The highest BCUT2D eigenvalue weighted by molar-refractivity contribution is 5.94. The maximum absolute atomic E-state index is 5.81. The average Bonchev–Trinajstić information content (AvgIpc) is 2.36. The van der Waals surface area contributed by atoms with Crippen LogP contribution in [0.25, 0.3) is 10.8 Å². The Morgan fingerprint density at radius 2 is 1.55 bits per heavy atom. The predicted molar refractivity (Wildman–Crippen MR) is 88.0 cm³/mol. The molecule has 0 amide bonds. The van der Waals surface area contributed by atoms with Crippen LogP contribution in [0.4, 0.5) is 0 Å². The van der Waals surface area contributed by atoms with Crippen molar-refractivity contribution in [2.24, 2.45) is 0 Å². The summed E-state index contributed by atoms with van der Waals surface area (Å²) in [5.41, 5.74) is 4.29. The Kier molecular flexibility index (Phi) is 3.82. The quantitative estimate of drug-likeness (QED) is 0.692. The lowest BCUT2D eigenvalue weighted by Gasteiger charge is -2.30. The zero-order chi connectivity index (χ0) is 15.1. The lowest BCUT2D eigenvalue weighted by molar-refractivity contribution is 0.409. The van der Waals surface area contributed by atoms with Crippen LogP contribution in [0.1, 0.15) is 57.2 Å². The number of aryl methyl sites for hydroxylation is 1. The van der Waals surface area contributed by atoms with Crippen molar-refractivity contribution in [2.75, 3.05) is 7.11 Å². The first-order valence-electron chi connectivity index (χ1n) is 7.38. The first kappa shape index (κ1) is 14.9. The molecule has 0 N–H and O–H groups in total. The van der Waals surface area contributed by atoms with Crippen molar-refractivity contribution in [3.8, 4) is 5.75 Å². The number of ether oxygens (including phenoxy) is 1. The van der Waals surface area contributed by atoms with Gasteiger partial charge in [0, 0.05) is 10.9 Å². The summed E-state index contributed by atoms with van der Waals surface area (Å²) >= 11 is 0. The summed E-state index contributed by atoms with van der Waals surface area (Å²) < 4.78 is 5.81. The minimum absolute atomic E-state index is 0.112. The average molecular weight is 270 g/mol. The van der Waals surface area contributed by atoms with E-state index < -0.39 is 0 Å². The molecule has 2 aromatic rings. The van der Waals surface area contributed by atoms with Gasteiger partial charge in [0.2, 0.25) is 0 Å². The highest BCUT2D eigenvalue weighted by Crippen LogP contribution is 2.44. The Bertz CT molecular complexity index is 630. The largest absolute Gasteiger partial charge is 0.496 e. The second-order valence-electron chi connectivity index (χ2n) is 6.90. The number of hydrogen-bond acceptors (Lipinski definition) is 1. The van der Waals surface area contributed by atoms with Crippen LogP contribution in [0, 0.1) is 6.92 Å². The Morgan fingerprint density at radius 1 is 1.00 bits per heavy atom. The number of fused-ring (bicyclic) bond motifs is 1. The van der Waals surface area contributed by atoms with Crippen LogP contribution in [0.2, 0.25) is 0 Å². The fraction of sp³-hybridized carbons (Fsp3) is 0.474. The van der Waals surface area contributed by atoms with E-state index in [-0.39, 0.29) is 5.41 Å². The van der Waals surface area contributed by atoms with Crippen LogP contribution in [-0.4, -0.2) is 7.11 Å². The molecule has 0 aliphatic carbocycles. The topological polar surface area (TPSA) is 9.23 Å². The maximum atomic E-state index is 5.81. The van der Waals surface area contributed by atoms with Crippen molar-refractivity contribution < 1.29 is 4.74 Å². The molecule has 2 rings (SSSR count). The van der Waals surface area contributed by atoms with Gasteiger partial charge < -0.3 is 4.74 Å². The Morgan fingerprint density at radius 3 is 2.00 bits per heavy atom. The van der Waals surface area contributed by atoms with Crippen LogP contribution >= 0.6 is 0 Å². The van der Waals surface area contributed by atoms with E-state index in [2.05, 4.69) is 65.8 Å². The molecule has 0 saturated heterocycles. The SMILES string of the molecule is COc1c(C(C)C)c(C(C)(C)C)c(C)c2ccccc12. The molecule has 1 nitrogen and oxygen atoms in total. The van der Waals surface area contributed by atoms with Gasteiger partial charge in [0.05, 0.1) is 7.11 Å². The monoisotopic (exact) mass is 270 g/mol. The molecule has 0 fully saturated rings. The summed E-state index contributed by atoms with van der Waals surface area (Å²) in [5.74, 6) is 1.49. The van der Waals surface area contributed by atoms with E-state index in [9.17, 15) is 0 Å². The van der Waals surface area contributed by atoms with Gasteiger partial charge in [-0.1, -0.05) is 58.9 Å². The van der Waals surface area contributed by atoms with E-state index >= 15 is 0 Å². The molecule has 108 valence electrons. The summed E-state index contributed by atoms with van der Waals surface area (Å²) in [7, 11) is 1.79. The first-order chi connectivity index (χ1) is 9.29. The molecule has 0 atom stereocenters. The number of benzene rings is 2. The smallest absolute Gasteiger partial charge is 0.130 e. The molecule has 0 radical (unpaired) electrons. The Labute approximate surface area is 123 Å². The molecule has 20 heavy (non-hydrogen) atoms. The highest BCUT2D eigenvalue weighted by atomic mass is 16.5. The van der Waals surface area contributed by atoms with Crippen LogP contribution in [0.15, 0.2) is 24.3 Å². The van der Waals surface area contributed by atoms with E-state index in [1.807, 2.05) is 0 Å². The number of hydrogen-bond donors (Lipinski definition) is 0. The molecule has 0 heterocycles. The van der Waals surface area contributed by atoms with Gasteiger partial charge in [-0.2, -0.15) is 0 Å². The second-order valence-corrected chi connectivity index (χ2v) is 6.90. The standard InChI is InChI=1S/C19H26O/c1-12(2)16-17(19(4,5)6)13(3)14-10-8-9-11-15(14)18(16)20-7/h8-12H,1-7H3. The zero-order valence-corrected chi connectivity index (χ0v) is 13.8. The molecule has 0 aliphatic rings. The fourth-order valence-corrected chi connectivity index (χ4v) is 3.34. The highest BCUT2D eigenvalue weighted by Gasteiger charge is 2.27. The molecule has 2 aromatic carbocycles. The van der Waals surface area contributed by atoms with Gasteiger partial charge in [0.1, 0.15) is 5.75 Å². The van der Waals surface area contributed by atoms with E-state index in [0.717, 1.165) is 5.75 Å². The van der Waals surface area contributed by atoms with E-state index in [1.54, 1.807) is 7.11 Å². The molecule has 0 aromatic heterocycles. The van der Waals surface area contributed by atoms with Crippen molar-refractivity contribution in [3.05, 3.63) is 41.0 Å². The molecule has 0 saturated carbocycles. The second kappa shape index (κ2) is 5.12. The first-order valence-corrected chi connectivity index (χ1v) is 7.38. The number of methoxy groups -OCH3 is 1. The van der Waals surface area contributed by atoms with Crippen LogP contribution in [0.3, 0.4) is 0 Å². The minimum Gasteiger partial charge on any atom is -0.496 e. The fourth-order valence-electron chi connectivity index (χ4n) is 3.34. The lowest BCUT2D eigenvalue weighted by atomic mass is 9.76. The van der Waals surface area contributed by atoms with E-state index in [4.69, 9.17) is 4.74 Å². The molecular formula is C19H26O. The summed E-state index contributed by atoms with van der Waals surface area (Å²) in [6.07, 6.45) is 0. The molecule has 0 aliphatic heterocycles. The summed E-state index contributed by atoms with van der Waals surface area (Å²) in [6.45, 7) is 13.6. The van der Waals surface area contributed by atoms with Crippen molar-refractivity contribution in [1.29, 1.82) is 0 Å². The lowest BCUT2D eigenvalue weighted by Crippen LogP contribution is -2.18. The Hall–Kier alpha value is -1.50. The summed E-state index contributed by atoms with van der Waals surface area (Å²) in [6, 6.07) is 8.56. The molecule has 0 unspecified atom stereocenters. The zero-order valence-electron chi connectivity index (χ0n) is 13.8. The van der Waals surface area contributed by atoms with Crippen molar-refractivity contribution in [1.82, 2.24) is 0 Å². The third kappa shape index (κ3) is 2.30. The summed E-state index contributed by atoms with van der Waals surface area (Å²) in [5, 5.41) is 2.53. The normalized spacial score (nSPS) is 12.2. The van der Waals surface area contributed by atoms with Gasteiger partial charge >= 0.3 is 0 Å². The van der Waals surface area contributed by atoms with Crippen molar-refractivity contribution >= 4 is 10.8 Å². The van der Waals surface area contributed by atoms with Gasteiger partial charge in [-0.25, -0.2) is 0 Å². The van der Waals surface area contributed by atoms with E-state index in [1.165, 1.54) is 27.5 Å². The van der Waals surface area contributed by atoms with Crippen LogP contribution in [0.5, 0.6) is 5.75 Å². The van der Waals surface area contributed by atoms with Crippen molar-refractivity contribution in [2.45, 2.75) is 52.9 Å². The van der Waals surface area contributed by atoms with Gasteiger partial charge in [-0.15, -0.1) is 0 Å². The van der Waals surface area contributed by atoms with Gasteiger partial charge in [0.25, 0.3) is 0 Å². The summed E-state index contributed by atoms with van der Waals surface area (Å²) in [4.78, 5) is 0. The van der Waals surface area contributed by atoms with Gasteiger partial charge in [-0.05, 0) is 34.8 Å². The third-order valence-electron chi connectivity index (χ3n) is 4.00. The molecule has 0 spiro atoms. The van der Waals surface area contributed by atoms with E-state index in [0.29, 0.717) is 5.92 Å². The van der Waals surface area contributed by atoms with Crippen LogP contribution in [-0.2, 0) is 5.41 Å². The third-order valence-corrected chi connectivity index (χ3v) is 4.00. The number of rotatable bonds is 2. The minimum atomic E-state index is 0.112. The van der Waals surface area contributed by atoms with Gasteiger partial charge in [-0.3, -0.25) is 0 Å². The molecule has 1 heteroatoms. The van der Waals surface area contributed by atoms with Crippen molar-refractivity contribution in [3.63, 3.8) is 0 Å². The van der Waals surface area contributed by atoms with Crippen LogP contribution < -0.4 is 4.74 Å². The van der Waals surface area contributed by atoms with Gasteiger partial charge in [0.15, 0.2) is 0 Å². The molecular weight excluding hydrogens is 244 g/mol. The molecule has 0 bridgehead atoms. The maximum Gasteiger partial charge on any atom is 0.130 e. The Balaban J connectivity index is 3.03. The predicted octanol–water partition coefficient (Wildman–Crippen LogP) is 5.58.